The second-order valence-electron chi connectivity index (χ2n) is 9.50. The summed E-state index contributed by atoms with van der Waals surface area (Å²) in [5.41, 5.74) is 0.664. The maximum absolute atomic E-state index is 14.2. The summed E-state index contributed by atoms with van der Waals surface area (Å²) in [5, 5.41) is 3.91. The summed E-state index contributed by atoms with van der Waals surface area (Å²) >= 11 is 1.22. The Morgan fingerprint density at radius 2 is 1.92 bits per heavy atom. The smallest absolute Gasteiger partial charge is 0.410 e. The number of carbonyl (C=O) groups excluding carboxylic acids is 2. The zero-order valence-corrected chi connectivity index (χ0v) is 21.7. The molecule has 0 unspecified atom stereocenters. The van der Waals surface area contributed by atoms with Crippen LogP contribution in [0, 0.1) is 12.7 Å². The van der Waals surface area contributed by atoms with Gasteiger partial charge < -0.3 is 24.4 Å². The van der Waals surface area contributed by atoms with Crippen LogP contribution < -0.4 is 10.1 Å². The van der Waals surface area contributed by atoms with E-state index in [1.54, 1.807) is 17.9 Å². The normalized spacial score (nSPS) is 14.6. The summed E-state index contributed by atoms with van der Waals surface area (Å²) < 4.78 is 30.7. The van der Waals surface area contributed by atoms with Gasteiger partial charge in [-0.05, 0) is 45.4 Å². The first-order chi connectivity index (χ1) is 17.1. The number of hydrogen-bond acceptors (Lipinski definition) is 9. The van der Waals surface area contributed by atoms with E-state index in [0.717, 1.165) is 0 Å². The van der Waals surface area contributed by atoms with E-state index in [9.17, 15) is 14.0 Å². The van der Waals surface area contributed by atoms with Gasteiger partial charge in [-0.15, -0.1) is 11.3 Å². The average Bonchev–Trinajstić information content (AvgIpc) is 3.17. The van der Waals surface area contributed by atoms with Gasteiger partial charge in [-0.1, -0.05) is 0 Å². The lowest BCUT2D eigenvalue weighted by Gasteiger charge is -2.33. The van der Waals surface area contributed by atoms with Crippen LogP contribution in [0.3, 0.4) is 0 Å². The number of halogens is 1. The zero-order chi connectivity index (χ0) is 26.0. The molecule has 36 heavy (non-hydrogen) atoms. The summed E-state index contributed by atoms with van der Waals surface area (Å²) in [5.74, 6) is -0.0714. The molecule has 0 radical (unpaired) electrons. The predicted molar refractivity (Wildman–Crippen MR) is 135 cm³/mol. The summed E-state index contributed by atoms with van der Waals surface area (Å²) in [7, 11) is 1.33. The van der Waals surface area contributed by atoms with Crippen molar-refractivity contribution in [1.29, 1.82) is 0 Å². The topological polar surface area (TPSA) is 103 Å². The molecular formula is C25H29FN4O5S. The SMILES string of the molecule is COC(=O)c1sc2ncnc(Nc3ccc(F)cc3OC3CCN(C(=O)OC(C)(C)C)CC3)c2c1C. The molecule has 1 N–H and O–H groups in total. The third-order valence-electron chi connectivity index (χ3n) is 5.68. The first kappa shape index (κ1) is 25.6. The third kappa shape index (κ3) is 5.67. The van der Waals surface area contributed by atoms with Crippen LogP contribution in [0.5, 0.6) is 5.75 Å². The van der Waals surface area contributed by atoms with E-state index in [1.165, 1.54) is 36.9 Å². The molecule has 1 aliphatic rings. The van der Waals surface area contributed by atoms with Crippen LogP contribution in [-0.2, 0) is 9.47 Å². The number of hydrogen-bond donors (Lipinski definition) is 1. The molecule has 3 heterocycles. The summed E-state index contributed by atoms with van der Waals surface area (Å²) in [6.45, 7) is 8.26. The molecule has 1 aromatic carbocycles. The molecule has 192 valence electrons. The van der Waals surface area contributed by atoms with Crippen molar-refractivity contribution in [3.63, 3.8) is 0 Å². The van der Waals surface area contributed by atoms with Gasteiger partial charge in [-0.25, -0.2) is 23.9 Å². The van der Waals surface area contributed by atoms with Crippen LogP contribution in [0.4, 0.5) is 20.7 Å². The fourth-order valence-corrected chi connectivity index (χ4v) is 5.01. The van der Waals surface area contributed by atoms with E-state index in [0.29, 0.717) is 63.8 Å². The number of ether oxygens (including phenoxy) is 3. The van der Waals surface area contributed by atoms with E-state index < -0.39 is 17.4 Å². The minimum atomic E-state index is -0.558. The summed E-state index contributed by atoms with van der Waals surface area (Å²) in [6.07, 6.45) is 2.01. The number of piperidine rings is 1. The molecule has 1 fully saturated rings. The maximum Gasteiger partial charge on any atom is 0.410 e. The Balaban J connectivity index is 1.52. The lowest BCUT2D eigenvalue weighted by molar-refractivity contribution is 0.0127. The fraction of sp³-hybridized carbons (Fsp3) is 0.440. The number of benzene rings is 1. The minimum absolute atomic E-state index is 0.203. The van der Waals surface area contributed by atoms with Crippen LogP contribution in [-0.4, -0.2) is 58.8 Å². The standard InChI is InChI=1S/C25H29FN4O5S/c1-14-19-21(27-13-28-22(19)36-20(14)23(31)33-5)29-17-7-6-15(26)12-18(17)34-16-8-10-30(11-9-16)24(32)35-25(2,3)4/h6-7,12-13,16H,8-11H2,1-5H3,(H,27,28,29). The van der Waals surface area contributed by atoms with E-state index in [4.69, 9.17) is 14.2 Å². The van der Waals surface area contributed by atoms with Gasteiger partial charge in [0.05, 0.1) is 18.2 Å². The Morgan fingerprint density at radius 1 is 1.19 bits per heavy atom. The van der Waals surface area contributed by atoms with Crippen molar-refractivity contribution in [2.24, 2.45) is 0 Å². The predicted octanol–water partition coefficient (Wildman–Crippen LogP) is 5.45. The minimum Gasteiger partial charge on any atom is -0.488 e. The summed E-state index contributed by atoms with van der Waals surface area (Å²) in [4.78, 5) is 35.9. The summed E-state index contributed by atoms with van der Waals surface area (Å²) in [6, 6.07) is 4.23. The van der Waals surface area contributed by atoms with Crippen molar-refractivity contribution in [2.75, 3.05) is 25.5 Å². The number of aryl methyl sites for hydroxylation is 1. The van der Waals surface area contributed by atoms with Crippen LogP contribution in [0.2, 0.25) is 0 Å². The van der Waals surface area contributed by atoms with Crippen LogP contribution in [0.1, 0.15) is 48.8 Å². The van der Waals surface area contributed by atoms with Crippen molar-refractivity contribution in [1.82, 2.24) is 14.9 Å². The molecule has 3 aromatic rings. The number of likely N-dealkylation sites (tertiary alicyclic amines) is 1. The molecule has 0 atom stereocenters. The van der Waals surface area contributed by atoms with E-state index in [-0.39, 0.29) is 12.2 Å². The van der Waals surface area contributed by atoms with E-state index in [1.807, 2.05) is 20.8 Å². The number of aromatic nitrogens is 2. The molecule has 1 saturated heterocycles. The van der Waals surface area contributed by atoms with Gasteiger partial charge in [0.25, 0.3) is 0 Å². The second kappa shape index (κ2) is 10.3. The molecule has 0 bridgehead atoms. The van der Waals surface area contributed by atoms with Gasteiger partial charge >= 0.3 is 12.1 Å². The average molecular weight is 517 g/mol. The number of carbonyl (C=O) groups is 2. The highest BCUT2D eigenvalue weighted by Crippen LogP contribution is 2.37. The highest BCUT2D eigenvalue weighted by molar-refractivity contribution is 7.20. The number of nitrogens with zero attached hydrogens (tertiary/aromatic N) is 3. The molecule has 1 aliphatic heterocycles. The van der Waals surface area contributed by atoms with Gasteiger partial charge in [-0.2, -0.15) is 0 Å². The van der Waals surface area contributed by atoms with E-state index >= 15 is 0 Å². The maximum atomic E-state index is 14.2. The monoisotopic (exact) mass is 516 g/mol. The number of amides is 1. The highest BCUT2D eigenvalue weighted by atomic mass is 32.1. The number of fused-ring (bicyclic) bond motifs is 1. The van der Waals surface area contributed by atoms with Crippen molar-refractivity contribution >= 4 is 45.1 Å². The first-order valence-corrected chi connectivity index (χ1v) is 12.4. The lowest BCUT2D eigenvalue weighted by Crippen LogP contribution is -2.44. The Morgan fingerprint density at radius 3 is 2.58 bits per heavy atom. The van der Waals surface area contributed by atoms with Crippen LogP contribution in [0.25, 0.3) is 10.2 Å². The zero-order valence-electron chi connectivity index (χ0n) is 20.9. The number of nitrogens with one attached hydrogen (secondary N) is 1. The van der Waals surface area contributed by atoms with Crippen LogP contribution in [0.15, 0.2) is 24.5 Å². The molecule has 2 aromatic heterocycles. The molecule has 1 amide bonds. The molecule has 0 aliphatic carbocycles. The number of anilines is 2. The first-order valence-electron chi connectivity index (χ1n) is 11.6. The molecule has 11 heteroatoms. The van der Waals surface area contributed by atoms with Gasteiger partial charge in [0.2, 0.25) is 0 Å². The number of esters is 1. The molecule has 4 rings (SSSR count). The molecule has 0 spiro atoms. The highest BCUT2D eigenvalue weighted by Gasteiger charge is 2.28. The Hall–Kier alpha value is -3.47. The quantitative estimate of drug-likeness (QED) is 0.447. The third-order valence-corrected chi connectivity index (χ3v) is 6.86. The second-order valence-corrected chi connectivity index (χ2v) is 10.5. The van der Waals surface area contributed by atoms with Gasteiger partial charge in [-0.3, -0.25) is 0 Å². The number of thiophene rings is 1. The van der Waals surface area contributed by atoms with Crippen molar-refractivity contribution < 1.29 is 28.2 Å². The van der Waals surface area contributed by atoms with Gasteiger partial charge in [0.1, 0.15) is 45.1 Å². The van der Waals surface area contributed by atoms with E-state index in [2.05, 4.69) is 15.3 Å². The Labute approximate surface area is 212 Å². The lowest BCUT2D eigenvalue weighted by atomic mass is 10.1. The molecular weight excluding hydrogens is 487 g/mol. The van der Waals surface area contributed by atoms with Crippen molar-refractivity contribution in [2.45, 2.75) is 52.2 Å². The Bertz CT molecular complexity index is 1280. The Kier molecular flexibility index (Phi) is 7.30. The molecule has 9 nitrogen and oxygen atoms in total. The molecule has 0 saturated carbocycles. The number of methoxy groups -OCH3 is 1. The largest absolute Gasteiger partial charge is 0.488 e. The van der Waals surface area contributed by atoms with Gasteiger partial charge in [0.15, 0.2) is 0 Å². The van der Waals surface area contributed by atoms with Gasteiger partial charge in [0, 0.05) is 32.0 Å². The number of rotatable bonds is 5. The van der Waals surface area contributed by atoms with Crippen molar-refractivity contribution in [3.05, 3.63) is 40.8 Å². The van der Waals surface area contributed by atoms with Crippen molar-refractivity contribution in [3.8, 4) is 5.75 Å². The fourth-order valence-electron chi connectivity index (χ4n) is 3.94. The van der Waals surface area contributed by atoms with Crippen LogP contribution >= 0.6 is 11.3 Å².